The average Bonchev–Trinajstić information content (AvgIpc) is 2.31. The topological polar surface area (TPSA) is 42.0 Å². The number of nitrogens with zero attached hydrogens (tertiary/aromatic N) is 1. The van der Waals surface area contributed by atoms with Gasteiger partial charge in [0.05, 0.1) is 0 Å². The fourth-order valence-corrected chi connectivity index (χ4v) is 0.940. The fraction of sp³-hybridized carbons (Fsp3) is 0.333. The van der Waals surface area contributed by atoms with Crippen molar-refractivity contribution in [2.24, 2.45) is 0 Å². The molecule has 0 atom stereocenters. The normalized spacial score (nSPS) is 8.47. The van der Waals surface area contributed by atoms with Crippen LogP contribution in [0.25, 0.3) is 0 Å². The zero-order chi connectivity index (χ0) is 11.7. The Balaban J connectivity index is 0.000000921. The molecule has 0 aromatic carbocycles. The predicted octanol–water partition coefficient (Wildman–Crippen LogP) is 2.79. The molecular weight excluding hydrogens is 188 g/mol. The predicted molar refractivity (Wildman–Crippen MR) is 63.8 cm³/mol. The maximum atomic E-state index is 10.9. The molecule has 0 aliphatic rings. The van der Waals surface area contributed by atoms with Gasteiger partial charge in [0.1, 0.15) is 5.82 Å². The molecule has 1 aromatic heterocycles. The number of pyridine rings is 1. The second kappa shape index (κ2) is 7.74. The van der Waals surface area contributed by atoms with E-state index in [0.717, 1.165) is 12.0 Å². The Morgan fingerprint density at radius 3 is 2.80 bits per heavy atom. The molecule has 0 fully saturated rings. The smallest absolute Gasteiger partial charge is 0.248 e. The second-order valence-corrected chi connectivity index (χ2v) is 2.60. The number of carbonyl (C=O) groups is 1. The van der Waals surface area contributed by atoms with Gasteiger partial charge in [-0.15, -0.1) is 0 Å². The first kappa shape index (κ1) is 13.4. The highest BCUT2D eigenvalue weighted by atomic mass is 16.1. The summed E-state index contributed by atoms with van der Waals surface area (Å²) < 4.78 is 0. The molecule has 0 unspecified atom stereocenters. The van der Waals surface area contributed by atoms with E-state index in [1.54, 1.807) is 6.20 Å². The van der Waals surface area contributed by atoms with Crippen LogP contribution < -0.4 is 5.32 Å². The number of hydrogen-bond acceptors (Lipinski definition) is 2. The Bertz CT molecular complexity index is 321. The van der Waals surface area contributed by atoms with Crippen molar-refractivity contribution in [3.63, 3.8) is 0 Å². The molecule has 1 aromatic rings. The monoisotopic (exact) mass is 206 g/mol. The first-order valence-electron chi connectivity index (χ1n) is 5.14. The first-order valence-corrected chi connectivity index (χ1v) is 5.14. The number of aromatic nitrogens is 1. The van der Waals surface area contributed by atoms with Crippen LogP contribution in [-0.4, -0.2) is 10.9 Å². The molecule has 0 bridgehead atoms. The zero-order valence-electron chi connectivity index (χ0n) is 9.58. The third-order valence-corrected chi connectivity index (χ3v) is 1.67. The zero-order valence-corrected chi connectivity index (χ0v) is 9.58. The summed E-state index contributed by atoms with van der Waals surface area (Å²) in [5, 5.41) is 2.60. The molecule has 1 amide bonds. The van der Waals surface area contributed by atoms with Gasteiger partial charge < -0.3 is 5.32 Å². The summed E-state index contributed by atoms with van der Waals surface area (Å²) in [7, 11) is 0. The van der Waals surface area contributed by atoms with Gasteiger partial charge in [-0.1, -0.05) is 27.4 Å². The average molecular weight is 206 g/mol. The summed E-state index contributed by atoms with van der Waals surface area (Å²) in [6.45, 7) is 9.41. The molecule has 15 heavy (non-hydrogen) atoms. The highest BCUT2D eigenvalue weighted by Gasteiger charge is 1.98. The molecule has 0 aliphatic carbocycles. The van der Waals surface area contributed by atoms with Gasteiger partial charge in [-0.3, -0.25) is 4.79 Å². The van der Waals surface area contributed by atoms with Crippen molar-refractivity contribution in [3.05, 3.63) is 36.5 Å². The number of amides is 1. The lowest BCUT2D eigenvalue weighted by Gasteiger charge is -2.02. The third kappa shape index (κ3) is 4.96. The number of carbonyl (C=O) groups excluding carboxylic acids is 1. The second-order valence-electron chi connectivity index (χ2n) is 2.60. The van der Waals surface area contributed by atoms with Gasteiger partial charge in [0.25, 0.3) is 0 Å². The first-order chi connectivity index (χ1) is 7.26. The van der Waals surface area contributed by atoms with Crippen LogP contribution in [0.15, 0.2) is 31.0 Å². The van der Waals surface area contributed by atoms with Crippen LogP contribution in [0.4, 0.5) is 5.82 Å². The Hall–Kier alpha value is -1.64. The molecule has 0 aliphatic heterocycles. The third-order valence-electron chi connectivity index (χ3n) is 1.67. The lowest BCUT2D eigenvalue weighted by Crippen LogP contribution is -2.08. The van der Waals surface area contributed by atoms with Crippen LogP contribution >= 0.6 is 0 Å². The SMILES string of the molecule is C=CC(=O)Nc1cc(CC)ccn1.CC. The van der Waals surface area contributed by atoms with Crippen molar-refractivity contribution in [2.75, 3.05) is 5.32 Å². The van der Waals surface area contributed by atoms with E-state index in [4.69, 9.17) is 0 Å². The molecule has 82 valence electrons. The van der Waals surface area contributed by atoms with Crippen LogP contribution in [0, 0.1) is 0 Å². The van der Waals surface area contributed by atoms with Gasteiger partial charge in [0, 0.05) is 6.20 Å². The Kier molecular flexibility index (Phi) is 6.89. The summed E-state index contributed by atoms with van der Waals surface area (Å²) >= 11 is 0. The number of anilines is 1. The molecular formula is C12H18N2O. The summed E-state index contributed by atoms with van der Waals surface area (Å²) in [4.78, 5) is 14.9. The molecule has 1 rings (SSSR count). The summed E-state index contributed by atoms with van der Waals surface area (Å²) in [6.07, 6.45) is 3.83. The standard InChI is InChI=1S/C10H12N2O.C2H6/c1-3-8-5-6-11-9(7-8)12-10(13)4-2;1-2/h4-7H,2-3H2,1H3,(H,11,12,13);1-2H3. The lowest BCUT2D eigenvalue weighted by molar-refractivity contribution is -0.111. The molecule has 3 heteroatoms. The van der Waals surface area contributed by atoms with Gasteiger partial charge in [-0.2, -0.15) is 0 Å². The van der Waals surface area contributed by atoms with Crippen molar-refractivity contribution in [1.82, 2.24) is 4.98 Å². The summed E-state index contributed by atoms with van der Waals surface area (Å²) in [5.41, 5.74) is 1.15. The molecule has 0 radical (unpaired) electrons. The summed E-state index contributed by atoms with van der Waals surface area (Å²) in [5.74, 6) is 0.338. The van der Waals surface area contributed by atoms with E-state index in [1.807, 2.05) is 26.0 Å². The molecule has 0 saturated carbocycles. The van der Waals surface area contributed by atoms with E-state index >= 15 is 0 Å². The van der Waals surface area contributed by atoms with Crippen molar-refractivity contribution in [3.8, 4) is 0 Å². The largest absolute Gasteiger partial charge is 0.307 e. The molecule has 1 heterocycles. The Labute approximate surface area is 91.2 Å². The van der Waals surface area contributed by atoms with Crippen molar-refractivity contribution >= 4 is 11.7 Å². The van der Waals surface area contributed by atoms with Crippen LogP contribution in [0.2, 0.25) is 0 Å². The Morgan fingerprint density at radius 2 is 2.27 bits per heavy atom. The van der Waals surface area contributed by atoms with Crippen molar-refractivity contribution in [1.29, 1.82) is 0 Å². The quantitative estimate of drug-likeness (QED) is 0.773. The molecule has 1 N–H and O–H groups in total. The van der Waals surface area contributed by atoms with Gasteiger partial charge in [-0.25, -0.2) is 4.98 Å². The van der Waals surface area contributed by atoms with E-state index in [2.05, 4.69) is 23.8 Å². The number of aryl methyl sites for hydroxylation is 1. The van der Waals surface area contributed by atoms with Gasteiger partial charge in [-0.05, 0) is 30.2 Å². The van der Waals surface area contributed by atoms with Gasteiger partial charge in [0.2, 0.25) is 5.91 Å². The number of nitrogens with one attached hydrogen (secondary N) is 1. The Morgan fingerprint density at radius 1 is 1.60 bits per heavy atom. The lowest BCUT2D eigenvalue weighted by atomic mass is 10.2. The highest BCUT2D eigenvalue weighted by molar-refractivity contribution is 5.98. The van der Waals surface area contributed by atoms with E-state index in [0.29, 0.717) is 5.82 Å². The molecule has 0 saturated heterocycles. The minimum atomic E-state index is -0.235. The molecule has 3 nitrogen and oxygen atoms in total. The maximum Gasteiger partial charge on any atom is 0.248 e. The van der Waals surface area contributed by atoms with Gasteiger partial charge >= 0.3 is 0 Å². The van der Waals surface area contributed by atoms with Crippen LogP contribution in [0.5, 0.6) is 0 Å². The van der Waals surface area contributed by atoms with E-state index in [-0.39, 0.29) is 5.91 Å². The maximum absolute atomic E-state index is 10.9. The van der Waals surface area contributed by atoms with Crippen LogP contribution in [-0.2, 0) is 11.2 Å². The molecule has 0 spiro atoms. The van der Waals surface area contributed by atoms with Crippen LogP contribution in [0.3, 0.4) is 0 Å². The number of hydrogen-bond donors (Lipinski definition) is 1. The fourth-order valence-electron chi connectivity index (χ4n) is 0.940. The summed E-state index contributed by atoms with van der Waals surface area (Å²) in [6, 6.07) is 3.77. The minimum absolute atomic E-state index is 0.235. The minimum Gasteiger partial charge on any atom is -0.307 e. The van der Waals surface area contributed by atoms with Crippen LogP contribution in [0.1, 0.15) is 26.3 Å². The van der Waals surface area contributed by atoms with E-state index in [1.165, 1.54) is 6.08 Å². The number of rotatable bonds is 3. The van der Waals surface area contributed by atoms with Crippen molar-refractivity contribution < 1.29 is 4.79 Å². The van der Waals surface area contributed by atoms with E-state index in [9.17, 15) is 4.79 Å². The van der Waals surface area contributed by atoms with Gasteiger partial charge in [0.15, 0.2) is 0 Å². The highest BCUT2D eigenvalue weighted by Crippen LogP contribution is 2.06. The van der Waals surface area contributed by atoms with E-state index < -0.39 is 0 Å². The van der Waals surface area contributed by atoms with Crippen molar-refractivity contribution in [2.45, 2.75) is 27.2 Å².